The predicted octanol–water partition coefficient (Wildman–Crippen LogP) is 3.89. The Morgan fingerprint density at radius 1 is 1.07 bits per heavy atom. The first-order chi connectivity index (χ1) is 12.8. The van der Waals surface area contributed by atoms with Crippen LogP contribution in [0.15, 0.2) is 47.5 Å². The molecule has 0 aliphatic carbocycles. The maximum Gasteiger partial charge on any atom is 0.164 e. The zero-order chi connectivity index (χ0) is 19.2. The summed E-state index contributed by atoms with van der Waals surface area (Å²) in [6, 6.07) is 14.8. The molecule has 2 aliphatic rings. The van der Waals surface area contributed by atoms with Gasteiger partial charge >= 0.3 is 0 Å². The van der Waals surface area contributed by atoms with Crippen LogP contribution in [0.25, 0.3) is 0 Å². The molecular weight excluding hydrogens is 376 g/mol. The van der Waals surface area contributed by atoms with Crippen LogP contribution in [0.3, 0.4) is 0 Å². The lowest BCUT2D eigenvalue weighted by Crippen LogP contribution is -2.28. The highest BCUT2D eigenvalue weighted by Crippen LogP contribution is 2.37. The summed E-state index contributed by atoms with van der Waals surface area (Å²) >= 11 is 1.62. The summed E-state index contributed by atoms with van der Waals surface area (Å²) in [5, 5.41) is 0.989. The van der Waals surface area contributed by atoms with Crippen LogP contribution in [-0.2, 0) is 16.4 Å². The topological polar surface area (TPSA) is 49.7 Å². The Bertz CT molecular complexity index is 994. The Hall–Kier alpha value is -1.79. The molecule has 6 heteroatoms. The molecule has 0 radical (unpaired) electrons. The number of thioether (sulfide) groups is 1. The average molecular weight is 401 g/mol. The van der Waals surface area contributed by atoms with Gasteiger partial charge in [0.25, 0.3) is 0 Å². The molecule has 0 N–H and O–H groups in total. The Kier molecular flexibility index (Phi) is 4.80. The second-order valence-electron chi connectivity index (χ2n) is 7.57. The van der Waals surface area contributed by atoms with Crippen LogP contribution in [0.4, 0.5) is 5.69 Å². The van der Waals surface area contributed by atoms with Crippen molar-refractivity contribution in [3.05, 3.63) is 64.7 Å². The van der Waals surface area contributed by atoms with Gasteiger partial charge in [0.05, 0.1) is 24.1 Å². The number of amidine groups is 1. The van der Waals surface area contributed by atoms with Gasteiger partial charge in [-0.05, 0) is 55.2 Å². The van der Waals surface area contributed by atoms with E-state index in [1.165, 1.54) is 22.3 Å². The molecule has 2 atom stereocenters. The summed E-state index contributed by atoms with van der Waals surface area (Å²) < 4.78 is 23.8. The third kappa shape index (κ3) is 3.92. The number of aliphatic imine (C=N–C) groups is 1. The van der Waals surface area contributed by atoms with Crippen LogP contribution in [0, 0.1) is 20.8 Å². The molecule has 0 aromatic heterocycles. The molecule has 142 valence electrons. The SMILES string of the molecule is Cc1cc(C)cc(N(Cc2ccccc2C)C2=N[C@H]3CS(=O)(=O)C[C@@H]3S2)c1. The van der Waals surface area contributed by atoms with E-state index in [0.29, 0.717) is 0 Å². The van der Waals surface area contributed by atoms with Crippen molar-refractivity contribution in [2.45, 2.75) is 38.6 Å². The molecule has 4 rings (SSSR count). The molecule has 2 aromatic carbocycles. The summed E-state index contributed by atoms with van der Waals surface area (Å²) in [7, 11) is -2.94. The number of benzene rings is 2. The van der Waals surface area contributed by atoms with Gasteiger partial charge in [-0.3, -0.25) is 4.99 Å². The van der Waals surface area contributed by atoms with Gasteiger partial charge in [0, 0.05) is 10.9 Å². The van der Waals surface area contributed by atoms with Gasteiger partial charge in [0.1, 0.15) is 0 Å². The second kappa shape index (κ2) is 6.99. The molecule has 4 nitrogen and oxygen atoms in total. The van der Waals surface area contributed by atoms with Crippen molar-refractivity contribution in [1.29, 1.82) is 0 Å². The summed E-state index contributed by atoms with van der Waals surface area (Å²) in [6.07, 6.45) is 0. The number of rotatable bonds is 3. The normalized spacial score (nSPS) is 23.1. The van der Waals surface area contributed by atoms with E-state index in [1.807, 2.05) is 0 Å². The number of hydrogen-bond donors (Lipinski definition) is 0. The summed E-state index contributed by atoms with van der Waals surface area (Å²) in [4.78, 5) is 7.08. The number of hydrogen-bond acceptors (Lipinski definition) is 5. The number of fused-ring (bicyclic) bond motifs is 1. The number of nitrogens with zero attached hydrogens (tertiary/aromatic N) is 2. The molecular formula is C21H24N2O2S2. The highest BCUT2D eigenvalue weighted by atomic mass is 32.2. The monoisotopic (exact) mass is 400 g/mol. The van der Waals surface area contributed by atoms with Crippen LogP contribution in [0.5, 0.6) is 0 Å². The predicted molar refractivity (Wildman–Crippen MR) is 115 cm³/mol. The second-order valence-corrected chi connectivity index (χ2v) is 10.9. The maximum absolute atomic E-state index is 11.9. The average Bonchev–Trinajstić information content (AvgIpc) is 3.06. The Labute approximate surface area is 165 Å². The van der Waals surface area contributed by atoms with Crippen LogP contribution in [0.2, 0.25) is 0 Å². The van der Waals surface area contributed by atoms with Gasteiger partial charge in [-0.25, -0.2) is 8.42 Å². The van der Waals surface area contributed by atoms with Crippen molar-refractivity contribution in [1.82, 2.24) is 0 Å². The quantitative estimate of drug-likeness (QED) is 0.784. The molecule has 0 spiro atoms. The standard InChI is InChI=1S/C21H24N2O2S2/c1-14-8-15(2)10-18(9-14)23(11-17-7-5-4-6-16(17)3)21-22-19-12-27(24,25)13-20(19)26-21/h4-10,19-20H,11-13H2,1-3H3/t19-,20-/m0/s1. The Morgan fingerprint density at radius 2 is 1.78 bits per heavy atom. The molecule has 0 unspecified atom stereocenters. The fourth-order valence-corrected chi connectivity index (χ4v) is 7.58. The first kappa shape index (κ1) is 18.6. The summed E-state index contributed by atoms with van der Waals surface area (Å²) in [6.45, 7) is 7.06. The van der Waals surface area contributed by atoms with Crippen LogP contribution in [0.1, 0.15) is 22.3 Å². The van der Waals surface area contributed by atoms with E-state index >= 15 is 0 Å². The summed E-state index contributed by atoms with van der Waals surface area (Å²) in [5.74, 6) is 0.416. The Morgan fingerprint density at radius 3 is 2.44 bits per heavy atom. The van der Waals surface area contributed by atoms with Gasteiger partial charge in [0.15, 0.2) is 15.0 Å². The molecule has 0 amide bonds. The van der Waals surface area contributed by atoms with E-state index in [1.54, 1.807) is 11.8 Å². The number of sulfone groups is 1. The van der Waals surface area contributed by atoms with E-state index in [-0.39, 0.29) is 22.8 Å². The van der Waals surface area contributed by atoms with Crippen LogP contribution in [-0.4, -0.2) is 36.4 Å². The lowest BCUT2D eigenvalue weighted by atomic mass is 10.1. The van der Waals surface area contributed by atoms with E-state index in [9.17, 15) is 8.42 Å². The van der Waals surface area contributed by atoms with Crippen molar-refractivity contribution in [2.75, 3.05) is 16.4 Å². The van der Waals surface area contributed by atoms with Gasteiger partial charge < -0.3 is 4.90 Å². The van der Waals surface area contributed by atoms with E-state index in [4.69, 9.17) is 4.99 Å². The van der Waals surface area contributed by atoms with Crippen molar-refractivity contribution < 1.29 is 8.42 Å². The van der Waals surface area contributed by atoms with Crippen LogP contribution < -0.4 is 4.90 Å². The zero-order valence-corrected chi connectivity index (χ0v) is 17.5. The van der Waals surface area contributed by atoms with Crippen molar-refractivity contribution in [3.8, 4) is 0 Å². The molecule has 1 fully saturated rings. The minimum atomic E-state index is -2.94. The van der Waals surface area contributed by atoms with E-state index < -0.39 is 9.84 Å². The molecule has 1 saturated heterocycles. The summed E-state index contributed by atoms with van der Waals surface area (Å²) in [5.41, 5.74) is 6.05. The van der Waals surface area contributed by atoms with Gasteiger partial charge in [0.2, 0.25) is 0 Å². The van der Waals surface area contributed by atoms with Gasteiger partial charge in [-0.15, -0.1) is 0 Å². The third-order valence-electron chi connectivity index (χ3n) is 5.14. The van der Waals surface area contributed by atoms with Gasteiger partial charge in [-0.1, -0.05) is 42.1 Å². The van der Waals surface area contributed by atoms with Crippen LogP contribution >= 0.6 is 11.8 Å². The molecule has 0 bridgehead atoms. The lowest BCUT2D eigenvalue weighted by molar-refractivity contribution is 0.601. The minimum Gasteiger partial charge on any atom is -0.317 e. The van der Waals surface area contributed by atoms with Crippen molar-refractivity contribution in [2.24, 2.45) is 4.99 Å². The number of anilines is 1. The highest BCUT2D eigenvalue weighted by Gasteiger charge is 2.44. The maximum atomic E-state index is 11.9. The molecule has 27 heavy (non-hydrogen) atoms. The smallest absolute Gasteiger partial charge is 0.164 e. The fraction of sp³-hybridized carbons (Fsp3) is 0.381. The number of aryl methyl sites for hydroxylation is 3. The third-order valence-corrected chi connectivity index (χ3v) is 8.39. The largest absolute Gasteiger partial charge is 0.317 e. The van der Waals surface area contributed by atoms with E-state index in [2.05, 4.69) is 68.1 Å². The van der Waals surface area contributed by atoms with Crippen molar-refractivity contribution >= 4 is 32.5 Å². The van der Waals surface area contributed by atoms with E-state index in [0.717, 1.165) is 17.4 Å². The van der Waals surface area contributed by atoms with Gasteiger partial charge in [-0.2, -0.15) is 0 Å². The minimum absolute atomic E-state index is 0.0512. The Balaban J connectivity index is 1.72. The molecule has 2 aliphatic heterocycles. The first-order valence-electron chi connectivity index (χ1n) is 9.16. The lowest BCUT2D eigenvalue weighted by Gasteiger charge is -2.26. The first-order valence-corrected chi connectivity index (χ1v) is 11.9. The zero-order valence-electron chi connectivity index (χ0n) is 15.8. The fourth-order valence-electron chi connectivity index (χ4n) is 3.80. The highest BCUT2D eigenvalue weighted by molar-refractivity contribution is 8.15. The molecule has 2 heterocycles. The molecule has 2 aromatic rings. The molecule has 0 saturated carbocycles. The van der Waals surface area contributed by atoms with Crippen molar-refractivity contribution in [3.63, 3.8) is 0 Å².